The van der Waals surface area contributed by atoms with Crippen molar-refractivity contribution in [2.75, 3.05) is 18.0 Å². The first kappa shape index (κ1) is 19.8. The number of methoxy groups -OCH3 is 1. The zero-order valence-corrected chi connectivity index (χ0v) is 16.2. The number of hydrogen-bond donors (Lipinski definition) is 1. The SMILES string of the molecule is COc1ccc(S(=O)(=O)N(CC(=O)NC(C)(C)C)c2ccccc2)cc1. The molecule has 0 radical (unpaired) electrons. The van der Waals surface area contributed by atoms with Gasteiger partial charge in [-0.2, -0.15) is 0 Å². The van der Waals surface area contributed by atoms with Crippen LogP contribution in [0.15, 0.2) is 59.5 Å². The molecular weight excluding hydrogens is 352 g/mol. The Balaban J connectivity index is 2.40. The molecular formula is C19H24N2O4S. The van der Waals surface area contributed by atoms with Gasteiger partial charge in [0.2, 0.25) is 5.91 Å². The van der Waals surface area contributed by atoms with E-state index in [-0.39, 0.29) is 17.3 Å². The molecule has 0 aliphatic carbocycles. The number of nitrogens with one attached hydrogen (secondary N) is 1. The minimum atomic E-state index is -3.91. The van der Waals surface area contributed by atoms with E-state index in [4.69, 9.17) is 4.74 Å². The van der Waals surface area contributed by atoms with E-state index in [0.717, 1.165) is 4.31 Å². The molecule has 7 heteroatoms. The molecule has 0 spiro atoms. The minimum absolute atomic E-state index is 0.0886. The Kier molecular flexibility index (Phi) is 5.92. The number of sulfonamides is 1. The van der Waals surface area contributed by atoms with E-state index in [2.05, 4.69) is 5.32 Å². The van der Waals surface area contributed by atoms with E-state index in [0.29, 0.717) is 11.4 Å². The summed E-state index contributed by atoms with van der Waals surface area (Å²) in [7, 11) is -2.40. The van der Waals surface area contributed by atoms with Gasteiger partial charge in [0, 0.05) is 5.54 Å². The van der Waals surface area contributed by atoms with Crippen molar-refractivity contribution in [2.45, 2.75) is 31.2 Å². The molecule has 0 saturated heterocycles. The fourth-order valence-electron chi connectivity index (χ4n) is 2.37. The molecule has 2 aromatic carbocycles. The lowest BCUT2D eigenvalue weighted by atomic mass is 10.1. The van der Waals surface area contributed by atoms with Gasteiger partial charge in [-0.3, -0.25) is 9.10 Å². The number of amides is 1. The van der Waals surface area contributed by atoms with Crippen LogP contribution < -0.4 is 14.4 Å². The van der Waals surface area contributed by atoms with Gasteiger partial charge in [0.25, 0.3) is 10.0 Å². The molecule has 0 bridgehead atoms. The maximum atomic E-state index is 13.1. The third kappa shape index (κ3) is 4.98. The Morgan fingerprint density at radius 3 is 2.12 bits per heavy atom. The van der Waals surface area contributed by atoms with Crippen LogP contribution in [0.2, 0.25) is 0 Å². The zero-order chi connectivity index (χ0) is 19.4. The molecule has 0 saturated carbocycles. The first-order valence-electron chi connectivity index (χ1n) is 8.16. The number of nitrogens with zero attached hydrogens (tertiary/aromatic N) is 1. The number of rotatable bonds is 6. The summed E-state index contributed by atoms with van der Waals surface area (Å²) in [5.74, 6) is 0.180. The third-order valence-corrected chi connectivity index (χ3v) is 5.28. The molecule has 26 heavy (non-hydrogen) atoms. The van der Waals surface area contributed by atoms with Crippen molar-refractivity contribution in [1.82, 2.24) is 5.32 Å². The zero-order valence-electron chi connectivity index (χ0n) is 15.4. The van der Waals surface area contributed by atoms with Gasteiger partial charge in [-0.15, -0.1) is 0 Å². The van der Waals surface area contributed by atoms with Crippen molar-refractivity contribution in [3.8, 4) is 5.75 Å². The summed E-state index contributed by atoms with van der Waals surface area (Å²) in [6, 6.07) is 14.6. The van der Waals surface area contributed by atoms with Crippen LogP contribution in [0, 0.1) is 0 Å². The van der Waals surface area contributed by atoms with E-state index in [1.807, 2.05) is 20.8 Å². The molecule has 6 nitrogen and oxygen atoms in total. The summed E-state index contributed by atoms with van der Waals surface area (Å²) >= 11 is 0. The Morgan fingerprint density at radius 2 is 1.62 bits per heavy atom. The molecule has 2 rings (SSSR count). The van der Waals surface area contributed by atoms with Crippen LogP contribution in [0.5, 0.6) is 5.75 Å². The topological polar surface area (TPSA) is 75.7 Å². The lowest BCUT2D eigenvalue weighted by Crippen LogP contribution is -2.47. The molecule has 0 aliphatic rings. The van der Waals surface area contributed by atoms with Crippen molar-refractivity contribution >= 4 is 21.6 Å². The summed E-state index contributed by atoms with van der Waals surface area (Å²) in [6.45, 7) is 5.22. The fourth-order valence-corrected chi connectivity index (χ4v) is 3.79. The summed E-state index contributed by atoms with van der Waals surface area (Å²) in [5, 5.41) is 2.80. The van der Waals surface area contributed by atoms with Gasteiger partial charge in [0.1, 0.15) is 12.3 Å². The highest BCUT2D eigenvalue weighted by Gasteiger charge is 2.28. The van der Waals surface area contributed by atoms with Gasteiger partial charge in [-0.25, -0.2) is 8.42 Å². The van der Waals surface area contributed by atoms with E-state index in [1.54, 1.807) is 42.5 Å². The summed E-state index contributed by atoms with van der Waals surface area (Å²) in [4.78, 5) is 12.5. The number of para-hydroxylation sites is 1. The monoisotopic (exact) mass is 376 g/mol. The number of anilines is 1. The van der Waals surface area contributed by atoms with Crippen molar-refractivity contribution in [1.29, 1.82) is 0 Å². The number of benzene rings is 2. The van der Waals surface area contributed by atoms with Crippen LogP contribution in [0.25, 0.3) is 0 Å². The van der Waals surface area contributed by atoms with Crippen molar-refractivity contribution in [3.05, 3.63) is 54.6 Å². The Morgan fingerprint density at radius 1 is 1.04 bits per heavy atom. The first-order valence-corrected chi connectivity index (χ1v) is 9.60. The van der Waals surface area contributed by atoms with Crippen LogP contribution in [0.3, 0.4) is 0 Å². The van der Waals surface area contributed by atoms with Crippen molar-refractivity contribution < 1.29 is 17.9 Å². The van der Waals surface area contributed by atoms with Gasteiger partial charge in [-0.1, -0.05) is 18.2 Å². The Hall–Kier alpha value is -2.54. The molecule has 0 aromatic heterocycles. The van der Waals surface area contributed by atoms with Crippen LogP contribution >= 0.6 is 0 Å². The molecule has 1 N–H and O–H groups in total. The normalized spacial score (nSPS) is 11.7. The molecule has 0 heterocycles. The first-order chi connectivity index (χ1) is 12.1. The quantitative estimate of drug-likeness (QED) is 0.841. The number of carbonyl (C=O) groups is 1. The summed E-state index contributed by atoms with van der Waals surface area (Å²) in [5.41, 5.74) is -0.0315. The minimum Gasteiger partial charge on any atom is -0.497 e. The van der Waals surface area contributed by atoms with Gasteiger partial charge in [-0.05, 0) is 57.2 Å². The number of carbonyl (C=O) groups excluding carboxylic acids is 1. The summed E-state index contributed by atoms with van der Waals surface area (Å²) in [6.07, 6.45) is 0. The van der Waals surface area contributed by atoms with Gasteiger partial charge >= 0.3 is 0 Å². The lowest BCUT2D eigenvalue weighted by Gasteiger charge is -2.27. The molecule has 2 aromatic rings. The van der Waals surface area contributed by atoms with Crippen LogP contribution in [-0.4, -0.2) is 33.5 Å². The van der Waals surface area contributed by atoms with Crippen LogP contribution in [0.4, 0.5) is 5.69 Å². The molecule has 0 unspecified atom stereocenters. The predicted octanol–water partition coefficient (Wildman–Crippen LogP) is 2.81. The highest BCUT2D eigenvalue weighted by molar-refractivity contribution is 7.92. The van der Waals surface area contributed by atoms with Gasteiger partial charge < -0.3 is 10.1 Å². The largest absolute Gasteiger partial charge is 0.497 e. The number of ether oxygens (including phenoxy) is 1. The molecule has 0 aliphatic heterocycles. The van der Waals surface area contributed by atoms with Crippen LogP contribution in [0.1, 0.15) is 20.8 Å². The van der Waals surface area contributed by atoms with Crippen molar-refractivity contribution in [3.63, 3.8) is 0 Å². The van der Waals surface area contributed by atoms with E-state index in [9.17, 15) is 13.2 Å². The molecule has 0 fully saturated rings. The molecule has 140 valence electrons. The molecule has 1 amide bonds. The van der Waals surface area contributed by atoms with E-state index in [1.165, 1.54) is 19.2 Å². The summed E-state index contributed by atoms with van der Waals surface area (Å²) < 4.78 is 32.5. The Labute approximate surface area is 154 Å². The van der Waals surface area contributed by atoms with E-state index < -0.39 is 15.6 Å². The second kappa shape index (κ2) is 7.78. The third-order valence-electron chi connectivity index (χ3n) is 3.49. The smallest absolute Gasteiger partial charge is 0.264 e. The van der Waals surface area contributed by atoms with Crippen LogP contribution in [-0.2, 0) is 14.8 Å². The van der Waals surface area contributed by atoms with Gasteiger partial charge in [0.15, 0.2) is 0 Å². The standard InChI is InChI=1S/C19H24N2O4S/c1-19(2,3)20-18(22)14-21(15-8-6-5-7-9-15)26(23,24)17-12-10-16(25-4)11-13-17/h5-13H,14H2,1-4H3,(H,20,22). The lowest BCUT2D eigenvalue weighted by molar-refractivity contribution is -0.121. The highest BCUT2D eigenvalue weighted by atomic mass is 32.2. The average Bonchev–Trinajstić information content (AvgIpc) is 2.59. The maximum absolute atomic E-state index is 13.1. The fraction of sp³-hybridized carbons (Fsp3) is 0.316. The Bertz CT molecular complexity index is 841. The second-order valence-electron chi connectivity index (χ2n) is 6.82. The van der Waals surface area contributed by atoms with Gasteiger partial charge in [0.05, 0.1) is 17.7 Å². The van der Waals surface area contributed by atoms with Crippen molar-refractivity contribution in [2.24, 2.45) is 0 Å². The number of hydrogen-bond acceptors (Lipinski definition) is 4. The highest BCUT2D eigenvalue weighted by Crippen LogP contribution is 2.24. The average molecular weight is 376 g/mol. The molecule has 0 atom stereocenters. The maximum Gasteiger partial charge on any atom is 0.264 e. The van der Waals surface area contributed by atoms with E-state index >= 15 is 0 Å². The predicted molar refractivity (Wildman–Crippen MR) is 102 cm³/mol. The second-order valence-corrected chi connectivity index (χ2v) is 8.68.